The molecule has 0 bridgehead atoms. The Balaban J connectivity index is 1.96. The minimum atomic E-state index is -0.938. The second-order valence-corrected chi connectivity index (χ2v) is 4.98. The molecule has 5 heteroatoms. The van der Waals surface area contributed by atoms with Gasteiger partial charge in [0.25, 0.3) is 5.91 Å². The molecule has 116 valence electrons. The molecule has 0 aliphatic rings. The fourth-order valence-electron chi connectivity index (χ4n) is 1.95. The van der Waals surface area contributed by atoms with E-state index >= 15 is 0 Å². The molecule has 2 aromatic carbocycles. The maximum absolute atomic E-state index is 13.2. The Kier molecular flexibility index (Phi) is 5.09. The third-order valence-corrected chi connectivity index (χ3v) is 3.23. The van der Waals surface area contributed by atoms with Gasteiger partial charge in [0.15, 0.2) is 17.7 Å². The quantitative estimate of drug-likeness (QED) is 0.916. The van der Waals surface area contributed by atoms with Crippen molar-refractivity contribution in [2.24, 2.45) is 0 Å². The SMILES string of the molecule is CC(Oc1ccccc1)C(=O)NC(C)c1ccc(F)c(F)c1. The number of amides is 1. The highest BCUT2D eigenvalue weighted by molar-refractivity contribution is 5.81. The molecule has 22 heavy (non-hydrogen) atoms. The number of halogens is 2. The Labute approximate surface area is 127 Å². The molecule has 1 amide bonds. The number of carbonyl (C=O) groups excluding carboxylic acids is 1. The highest BCUT2D eigenvalue weighted by atomic mass is 19.2. The van der Waals surface area contributed by atoms with E-state index in [1.165, 1.54) is 6.07 Å². The van der Waals surface area contributed by atoms with Crippen LogP contribution in [0, 0.1) is 11.6 Å². The first-order valence-corrected chi connectivity index (χ1v) is 6.94. The zero-order valence-electron chi connectivity index (χ0n) is 12.3. The molecule has 2 unspecified atom stereocenters. The molecular formula is C17H17F2NO2. The number of carbonyl (C=O) groups is 1. The van der Waals surface area contributed by atoms with Crippen molar-refractivity contribution in [3.8, 4) is 5.75 Å². The summed E-state index contributed by atoms with van der Waals surface area (Å²) in [5.41, 5.74) is 0.485. The van der Waals surface area contributed by atoms with E-state index in [0.29, 0.717) is 11.3 Å². The van der Waals surface area contributed by atoms with Gasteiger partial charge in [-0.05, 0) is 43.7 Å². The summed E-state index contributed by atoms with van der Waals surface area (Å²) < 4.78 is 31.6. The molecule has 2 aromatic rings. The van der Waals surface area contributed by atoms with Gasteiger partial charge in [-0.25, -0.2) is 8.78 Å². The van der Waals surface area contributed by atoms with Crippen LogP contribution in [0.2, 0.25) is 0 Å². The van der Waals surface area contributed by atoms with Crippen molar-refractivity contribution in [2.45, 2.75) is 26.0 Å². The topological polar surface area (TPSA) is 38.3 Å². The maximum atomic E-state index is 13.2. The molecule has 1 N–H and O–H groups in total. The van der Waals surface area contributed by atoms with Gasteiger partial charge in [-0.3, -0.25) is 4.79 Å². The van der Waals surface area contributed by atoms with Crippen molar-refractivity contribution in [1.82, 2.24) is 5.32 Å². The molecular weight excluding hydrogens is 288 g/mol. The summed E-state index contributed by atoms with van der Waals surface area (Å²) in [4.78, 5) is 12.1. The van der Waals surface area contributed by atoms with Crippen LogP contribution in [0.15, 0.2) is 48.5 Å². The van der Waals surface area contributed by atoms with Crippen LogP contribution in [-0.2, 0) is 4.79 Å². The maximum Gasteiger partial charge on any atom is 0.261 e. The zero-order valence-corrected chi connectivity index (χ0v) is 12.3. The smallest absolute Gasteiger partial charge is 0.261 e. The van der Waals surface area contributed by atoms with Crippen molar-refractivity contribution < 1.29 is 18.3 Å². The van der Waals surface area contributed by atoms with E-state index in [4.69, 9.17) is 4.74 Å². The lowest BCUT2D eigenvalue weighted by atomic mass is 10.1. The second-order valence-electron chi connectivity index (χ2n) is 4.98. The van der Waals surface area contributed by atoms with Crippen LogP contribution in [0.3, 0.4) is 0 Å². The molecule has 0 saturated carbocycles. The fourth-order valence-corrected chi connectivity index (χ4v) is 1.95. The number of para-hydroxylation sites is 1. The van der Waals surface area contributed by atoms with Crippen molar-refractivity contribution in [3.05, 3.63) is 65.7 Å². The molecule has 0 fully saturated rings. The standard InChI is InChI=1S/C17H17F2NO2/c1-11(13-8-9-15(18)16(19)10-13)20-17(21)12(2)22-14-6-4-3-5-7-14/h3-12H,1-2H3,(H,20,21). The minimum absolute atomic E-state index is 0.332. The summed E-state index contributed by atoms with van der Waals surface area (Å²) in [6.07, 6.45) is -0.699. The number of hydrogen-bond donors (Lipinski definition) is 1. The Morgan fingerprint density at radius 1 is 1.05 bits per heavy atom. The molecule has 0 aliphatic carbocycles. The Morgan fingerprint density at radius 3 is 2.36 bits per heavy atom. The third-order valence-electron chi connectivity index (χ3n) is 3.23. The average Bonchev–Trinajstić information content (AvgIpc) is 2.50. The highest BCUT2D eigenvalue weighted by Crippen LogP contribution is 2.17. The van der Waals surface area contributed by atoms with Crippen LogP contribution in [-0.4, -0.2) is 12.0 Å². The molecule has 2 rings (SSSR count). The average molecular weight is 305 g/mol. The van der Waals surface area contributed by atoms with E-state index in [1.807, 2.05) is 18.2 Å². The van der Waals surface area contributed by atoms with Crippen LogP contribution >= 0.6 is 0 Å². The van der Waals surface area contributed by atoms with E-state index in [0.717, 1.165) is 12.1 Å². The van der Waals surface area contributed by atoms with Gasteiger partial charge in [-0.2, -0.15) is 0 Å². The summed E-state index contributed by atoms with van der Waals surface area (Å²) in [7, 11) is 0. The van der Waals surface area contributed by atoms with Gasteiger partial charge in [0, 0.05) is 0 Å². The molecule has 0 aliphatic heterocycles. The first-order chi connectivity index (χ1) is 10.5. The van der Waals surface area contributed by atoms with Crippen LogP contribution in [0.25, 0.3) is 0 Å². The molecule has 0 radical (unpaired) electrons. The first-order valence-electron chi connectivity index (χ1n) is 6.94. The van der Waals surface area contributed by atoms with Gasteiger partial charge in [-0.15, -0.1) is 0 Å². The largest absolute Gasteiger partial charge is 0.481 e. The third kappa shape index (κ3) is 4.04. The molecule has 2 atom stereocenters. The van der Waals surface area contributed by atoms with E-state index in [2.05, 4.69) is 5.32 Å². The summed E-state index contributed by atoms with van der Waals surface area (Å²) in [5.74, 6) is -1.60. The van der Waals surface area contributed by atoms with Crippen LogP contribution in [0.1, 0.15) is 25.5 Å². The number of nitrogens with one attached hydrogen (secondary N) is 1. The summed E-state index contributed by atoms with van der Waals surface area (Å²) >= 11 is 0. The lowest BCUT2D eigenvalue weighted by Gasteiger charge is -2.19. The predicted octanol–water partition coefficient (Wildman–Crippen LogP) is 3.61. The van der Waals surface area contributed by atoms with E-state index in [-0.39, 0.29) is 5.91 Å². The normalized spacial score (nSPS) is 13.3. The zero-order chi connectivity index (χ0) is 16.1. The van der Waals surface area contributed by atoms with Gasteiger partial charge in [0.05, 0.1) is 6.04 Å². The second kappa shape index (κ2) is 7.02. The summed E-state index contributed by atoms with van der Waals surface area (Å²) in [5, 5.41) is 2.71. The summed E-state index contributed by atoms with van der Waals surface area (Å²) in [6, 6.07) is 12.1. The highest BCUT2D eigenvalue weighted by Gasteiger charge is 2.18. The predicted molar refractivity (Wildman–Crippen MR) is 79.4 cm³/mol. The van der Waals surface area contributed by atoms with E-state index < -0.39 is 23.8 Å². The van der Waals surface area contributed by atoms with Gasteiger partial charge in [0.1, 0.15) is 5.75 Å². The van der Waals surface area contributed by atoms with Crippen molar-refractivity contribution in [3.63, 3.8) is 0 Å². The number of benzene rings is 2. The van der Waals surface area contributed by atoms with Gasteiger partial charge >= 0.3 is 0 Å². The lowest BCUT2D eigenvalue weighted by Crippen LogP contribution is -2.37. The molecule has 0 aromatic heterocycles. The van der Waals surface area contributed by atoms with Crippen LogP contribution < -0.4 is 10.1 Å². The summed E-state index contributed by atoms with van der Waals surface area (Å²) in [6.45, 7) is 3.32. The van der Waals surface area contributed by atoms with Crippen molar-refractivity contribution in [1.29, 1.82) is 0 Å². The van der Waals surface area contributed by atoms with Gasteiger partial charge in [-0.1, -0.05) is 24.3 Å². The minimum Gasteiger partial charge on any atom is -0.481 e. The molecule has 3 nitrogen and oxygen atoms in total. The monoisotopic (exact) mass is 305 g/mol. The van der Waals surface area contributed by atoms with Crippen LogP contribution in [0.4, 0.5) is 8.78 Å². The van der Waals surface area contributed by atoms with E-state index in [9.17, 15) is 13.6 Å². The number of ether oxygens (including phenoxy) is 1. The van der Waals surface area contributed by atoms with E-state index in [1.54, 1.807) is 26.0 Å². The molecule has 0 spiro atoms. The Bertz CT molecular complexity index is 646. The van der Waals surface area contributed by atoms with Gasteiger partial charge < -0.3 is 10.1 Å². The number of hydrogen-bond acceptors (Lipinski definition) is 2. The van der Waals surface area contributed by atoms with Gasteiger partial charge in [0.2, 0.25) is 0 Å². The molecule has 0 heterocycles. The fraction of sp³-hybridized carbons (Fsp3) is 0.235. The lowest BCUT2D eigenvalue weighted by molar-refractivity contribution is -0.127. The van der Waals surface area contributed by atoms with Crippen LogP contribution in [0.5, 0.6) is 5.75 Å². The number of rotatable bonds is 5. The first kappa shape index (κ1) is 15.9. The van der Waals surface area contributed by atoms with Crippen molar-refractivity contribution in [2.75, 3.05) is 0 Å². The molecule has 0 saturated heterocycles. The Hall–Kier alpha value is -2.43. The Morgan fingerprint density at radius 2 is 1.73 bits per heavy atom. The van der Waals surface area contributed by atoms with Crippen molar-refractivity contribution >= 4 is 5.91 Å².